The van der Waals surface area contributed by atoms with Crippen molar-refractivity contribution in [2.24, 2.45) is 0 Å². The first-order valence-electron chi connectivity index (χ1n) is 6.10. The lowest BCUT2D eigenvalue weighted by atomic mass is 10.00. The average Bonchev–Trinajstić information content (AvgIpc) is 2.27. The molecule has 0 radical (unpaired) electrons. The van der Waals surface area contributed by atoms with Gasteiger partial charge in [-0.3, -0.25) is 4.79 Å². The molecule has 0 spiro atoms. The Hall–Kier alpha value is -1.27. The van der Waals surface area contributed by atoms with Gasteiger partial charge in [-0.15, -0.1) is 0 Å². The zero-order valence-electron chi connectivity index (χ0n) is 10.6. The maximum atomic E-state index is 13.0. The van der Waals surface area contributed by atoms with Crippen LogP contribution in [0.15, 0.2) is 18.2 Å². The number of benzene rings is 1. The van der Waals surface area contributed by atoms with E-state index in [-0.39, 0.29) is 35.6 Å². The third kappa shape index (κ3) is 3.61. The number of rotatable bonds is 3. The van der Waals surface area contributed by atoms with Gasteiger partial charge in [0.05, 0.1) is 11.5 Å². The summed E-state index contributed by atoms with van der Waals surface area (Å²) in [5, 5.41) is 3.03. The second-order valence-electron chi connectivity index (χ2n) is 4.85. The van der Waals surface area contributed by atoms with Crippen molar-refractivity contribution in [1.82, 2.24) is 5.32 Å². The molecule has 1 aliphatic heterocycles. The van der Waals surface area contributed by atoms with Crippen molar-refractivity contribution in [3.63, 3.8) is 0 Å². The van der Waals surface area contributed by atoms with E-state index >= 15 is 0 Å². The summed E-state index contributed by atoms with van der Waals surface area (Å²) in [7, 11) is -3.05. The highest BCUT2D eigenvalue weighted by Crippen LogP contribution is 2.15. The summed E-state index contributed by atoms with van der Waals surface area (Å²) in [6.07, 6.45) is 0.117. The SMILES string of the molecule is Cc1cc(F)ccc1C(=O)CC1CS(=O)(=O)CCN1. The lowest BCUT2D eigenvalue weighted by Crippen LogP contribution is -2.46. The molecule has 1 saturated heterocycles. The van der Waals surface area contributed by atoms with Crippen LogP contribution in [0.5, 0.6) is 0 Å². The fourth-order valence-corrected chi connectivity index (χ4v) is 3.72. The van der Waals surface area contributed by atoms with Gasteiger partial charge in [0.2, 0.25) is 0 Å². The monoisotopic (exact) mass is 285 g/mol. The molecule has 0 aliphatic carbocycles. The van der Waals surface area contributed by atoms with Crippen molar-refractivity contribution in [1.29, 1.82) is 0 Å². The Bertz CT molecular complexity index is 598. The Morgan fingerprint density at radius 3 is 2.84 bits per heavy atom. The number of nitrogens with one attached hydrogen (secondary N) is 1. The van der Waals surface area contributed by atoms with Crippen LogP contribution in [0.2, 0.25) is 0 Å². The second-order valence-corrected chi connectivity index (χ2v) is 7.08. The number of ketones is 1. The Balaban J connectivity index is 2.09. The number of hydrogen-bond donors (Lipinski definition) is 1. The fourth-order valence-electron chi connectivity index (χ4n) is 2.27. The molecule has 0 amide bonds. The van der Waals surface area contributed by atoms with Gasteiger partial charge in [-0.1, -0.05) is 0 Å². The molecule has 1 atom stereocenters. The van der Waals surface area contributed by atoms with Crippen molar-refractivity contribution in [2.75, 3.05) is 18.1 Å². The van der Waals surface area contributed by atoms with Crippen LogP contribution in [0.1, 0.15) is 22.3 Å². The van der Waals surface area contributed by atoms with Crippen LogP contribution in [-0.4, -0.2) is 38.3 Å². The summed E-state index contributed by atoms with van der Waals surface area (Å²) < 4.78 is 35.9. The maximum Gasteiger partial charge on any atom is 0.164 e. The quantitative estimate of drug-likeness (QED) is 0.845. The van der Waals surface area contributed by atoms with Crippen LogP contribution in [-0.2, 0) is 9.84 Å². The van der Waals surface area contributed by atoms with E-state index in [1.807, 2.05) is 0 Å². The molecule has 1 N–H and O–H groups in total. The van der Waals surface area contributed by atoms with Gasteiger partial charge in [-0.25, -0.2) is 12.8 Å². The largest absolute Gasteiger partial charge is 0.312 e. The topological polar surface area (TPSA) is 63.2 Å². The van der Waals surface area contributed by atoms with E-state index in [1.165, 1.54) is 18.2 Å². The van der Waals surface area contributed by atoms with Gasteiger partial charge in [-0.05, 0) is 30.7 Å². The first-order chi connectivity index (χ1) is 8.87. The lowest BCUT2D eigenvalue weighted by molar-refractivity contribution is 0.0971. The summed E-state index contributed by atoms with van der Waals surface area (Å²) in [5.74, 6) is -0.439. The van der Waals surface area contributed by atoms with Crippen LogP contribution in [0, 0.1) is 12.7 Å². The molecule has 4 nitrogen and oxygen atoms in total. The Labute approximate surface area is 111 Å². The molecule has 1 aromatic rings. The molecule has 1 aliphatic rings. The van der Waals surface area contributed by atoms with E-state index in [1.54, 1.807) is 6.92 Å². The molecule has 0 saturated carbocycles. The molecule has 1 aromatic carbocycles. The zero-order valence-corrected chi connectivity index (χ0v) is 11.5. The van der Waals surface area contributed by atoms with E-state index in [0.717, 1.165) is 0 Å². The van der Waals surface area contributed by atoms with E-state index < -0.39 is 9.84 Å². The summed E-state index contributed by atoms with van der Waals surface area (Å²) >= 11 is 0. The summed E-state index contributed by atoms with van der Waals surface area (Å²) in [4.78, 5) is 12.1. The normalized spacial score (nSPS) is 22.1. The number of carbonyl (C=O) groups is 1. The van der Waals surface area contributed by atoms with Crippen LogP contribution < -0.4 is 5.32 Å². The van der Waals surface area contributed by atoms with Crippen molar-refractivity contribution in [3.05, 3.63) is 35.1 Å². The van der Waals surface area contributed by atoms with Crippen LogP contribution in [0.25, 0.3) is 0 Å². The third-order valence-electron chi connectivity index (χ3n) is 3.22. The van der Waals surface area contributed by atoms with Crippen LogP contribution in [0.4, 0.5) is 4.39 Å². The van der Waals surface area contributed by atoms with Gasteiger partial charge >= 0.3 is 0 Å². The molecule has 1 unspecified atom stereocenters. The minimum Gasteiger partial charge on any atom is -0.312 e. The Morgan fingerprint density at radius 2 is 2.21 bits per heavy atom. The van der Waals surface area contributed by atoms with Gasteiger partial charge in [0.1, 0.15) is 5.82 Å². The fraction of sp³-hybridized carbons (Fsp3) is 0.462. The van der Waals surface area contributed by atoms with Gasteiger partial charge in [0, 0.05) is 24.6 Å². The second kappa shape index (κ2) is 5.38. The highest BCUT2D eigenvalue weighted by atomic mass is 32.2. The summed E-state index contributed by atoms with van der Waals surface area (Å²) in [6.45, 7) is 2.05. The van der Waals surface area contributed by atoms with E-state index in [4.69, 9.17) is 0 Å². The third-order valence-corrected chi connectivity index (χ3v) is 4.96. The first-order valence-corrected chi connectivity index (χ1v) is 7.93. The number of aryl methyl sites for hydroxylation is 1. The molecule has 104 valence electrons. The Kier molecular flexibility index (Phi) is 4.01. The molecular weight excluding hydrogens is 269 g/mol. The standard InChI is InChI=1S/C13H16FNO3S/c1-9-6-10(14)2-3-12(9)13(16)7-11-8-19(17,18)5-4-15-11/h2-3,6,11,15H,4-5,7-8H2,1H3. The lowest BCUT2D eigenvalue weighted by Gasteiger charge is -2.23. The van der Waals surface area contributed by atoms with Crippen LogP contribution >= 0.6 is 0 Å². The number of hydrogen-bond acceptors (Lipinski definition) is 4. The maximum absolute atomic E-state index is 13.0. The molecule has 2 rings (SSSR count). The number of sulfone groups is 1. The minimum absolute atomic E-state index is 0.0149. The highest BCUT2D eigenvalue weighted by Gasteiger charge is 2.26. The van der Waals surface area contributed by atoms with Crippen molar-refractivity contribution in [3.8, 4) is 0 Å². The van der Waals surface area contributed by atoms with Crippen molar-refractivity contribution < 1.29 is 17.6 Å². The van der Waals surface area contributed by atoms with E-state index in [9.17, 15) is 17.6 Å². The van der Waals surface area contributed by atoms with Gasteiger partial charge in [0.25, 0.3) is 0 Å². The van der Waals surface area contributed by atoms with Crippen molar-refractivity contribution >= 4 is 15.6 Å². The van der Waals surface area contributed by atoms with Gasteiger partial charge in [0.15, 0.2) is 15.6 Å². The van der Waals surface area contributed by atoms with E-state index in [0.29, 0.717) is 17.7 Å². The molecule has 0 bridgehead atoms. The first kappa shape index (κ1) is 14.1. The van der Waals surface area contributed by atoms with Gasteiger partial charge in [-0.2, -0.15) is 0 Å². The predicted molar refractivity (Wildman–Crippen MR) is 70.5 cm³/mol. The molecule has 1 heterocycles. The summed E-state index contributed by atoms with van der Waals surface area (Å²) in [5.41, 5.74) is 1.02. The Morgan fingerprint density at radius 1 is 1.47 bits per heavy atom. The average molecular weight is 285 g/mol. The number of carbonyl (C=O) groups excluding carboxylic acids is 1. The molecule has 0 aromatic heterocycles. The number of halogens is 1. The molecule has 19 heavy (non-hydrogen) atoms. The highest BCUT2D eigenvalue weighted by molar-refractivity contribution is 7.91. The molecule has 1 fully saturated rings. The smallest absolute Gasteiger partial charge is 0.164 e. The zero-order chi connectivity index (χ0) is 14.0. The number of Topliss-reactive ketones (excluding diaryl/α,β-unsaturated/α-hetero) is 1. The van der Waals surface area contributed by atoms with Crippen LogP contribution in [0.3, 0.4) is 0 Å². The van der Waals surface area contributed by atoms with E-state index in [2.05, 4.69) is 5.32 Å². The molecular formula is C13H16FNO3S. The summed E-state index contributed by atoms with van der Waals surface area (Å²) in [6, 6.07) is 3.64. The predicted octanol–water partition coefficient (Wildman–Crippen LogP) is 1.09. The van der Waals surface area contributed by atoms with Gasteiger partial charge < -0.3 is 5.32 Å². The molecule has 6 heteroatoms. The minimum atomic E-state index is -3.05. The van der Waals surface area contributed by atoms with Crippen molar-refractivity contribution in [2.45, 2.75) is 19.4 Å².